The summed E-state index contributed by atoms with van der Waals surface area (Å²) in [7, 11) is 0. The molecule has 0 saturated carbocycles. The molecule has 0 bridgehead atoms. The smallest absolute Gasteiger partial charge is 0.224 e. The fourth-order valence-electron chi connectivity index (χ4n) is 1.79. The van der Waals surface area contributed by atoms with E-state index in [1.165, 1.54) is 0 Å². The number of nitrogens with zero attached hydrogens (tertiary/aromatic N) is 3. The maximum absolute atomic E-state index is 7.11. The third-order valence-electron chi connectivity index (χ3n) is 2.76. The standard InChI is InChI=1S/C15H16N4O/c1-15(2,3)11-9-10(17-4)5-6-12(11)20-13-7-8-18-14(16)19-13/h5-9H,1-3H3,(H2,16,18,19). The molecule has 0 fully saturated rings. The summed E-state index contributed by atoms with van der Waals surface area (Å²) in [5.41, 5.74) is 6.93. The van der Waals surface area contributed by atoms with E-state index >= 15 is 0 Å². The van der Waals surface area contributed by atoms with Crippen molar-refractivity contribution in [3.63, 3.8) is 0 Å². The molecule has 0 saturated heterocycles. The summed E-state index contributed by atoms with van der Waals surface area (Å²) in [4.78, 5) is 11.3. The second-order valence-corrected chi connectivity index (χ2v) is 5.40. The molecule has 2 N–H and O–H groups in total. The van der Waals surface area contributed by atoms with Crippen LogP contribution in [0.4, 0.5) is 11.6 Å². The van der Waals surface area contributed by atoms with Crippen LogP contribution in [-0.2, 0) is 5.41 Å². The molecule has 2 aromatic rings. The molecule has 5 heteroatoms. The molecule has 1 heterocycles. The first-order chi connectivity index (χ1) is 9.40. The molecule has 20 heavy (non-hydrogen) atoms. The van der Waals surface area contributed by atoms with Gasteiger partial charge in [0.05, 0.1) is 6.57 Å². The summed E-state index contributed by atoms with van der Waals surface area (Å²) in [6, 6.07) is 6.99. The number of hydrogen-bond acceptors (Lipinski definition) is 4. The first kappa shape index (κ1) is 13.8. The monoisotopic (exact) mass is 268 g/mol. The number of rotatable bonds is 2. The van der Waals surface area contributed by atoms with Gasteiger partial charge in [-0.2, -0.15) is 4.98 Å². The van der Waals surface area contributed by atoms with Crippen molar-refractivity contribution in [3.05, 3.63) is 47.4 Å². The Hall–Kier alpha value is -2.61. The van der Waals surface area contributed by atoms with E-state index in [2.05, 4.69) is 35.6 Å². The number of nitrogens with two attached hydrogens (primary N) is 1. The first-order valence-electron chi connectivity index (χ1n) is 6.18. The summed E-state index contributed by atoms with van der Waals surface area (Å²) in [6.07, 6.45) is 1.54. The van der Waals surface area contributed by atoms with Gasteiger partial charge in [-0.1, -0.05) is 26.8 Å². The molecule has 0 radical (unpaired) electrons. The predicted octanol–water partition coefficient (Wildman–Crippen LogP) is 3.70. The van der Waals surface area contributed by atoms with Crippen LogP contribution in [0.1, 0.15) is 26.3 Å². The van der Waals surface area contributed by atoms with Crippen LogP contribution < -0.4 is 10.5 Å². The molecule has 0 aliphatic heterocycles. The van der Waals surface area contributed by atoms with Crippen LogP contribution in [0.3, 0.4) is 0 Å². The lowest BCUT2D eigenvalue weighted by atomic mass is 9.86. The third-order valence-corrected chi connectivity index (χ3v) is 2.76. The normalized spacial score (nSPS) is 10.9. The molecule has 0 unspecified atom stereocenters. The van der Waals surface area contributed by atoms with E-state index in [0.29, 0.717) is 17.3 Å². The second kappa shape index (κ2) is 5.17. The molecule has 0 aliphatic carbocycles. The van der Waals surface area contributed by atoms with Crippen molar-refractivity contribution >= 4 is 11.6 Å². The fraction of sp³-hybridized carbons (Fsp3) is 0.267. The number of hydrogen-bond donors (Lipinski definition) is 1. The molecule has 0 amide bonds. The minimum Gasteiger partial charge on any atom is -0.439 e. The first-order valence-corrected chi connectivity index (χ1v) is 6.18. The summed E-state index contributed by atoms with van der Waals surface area (Å²) < 4.78 is 5.78. The Balaban J connectivity index is 2.44. The highest BCUT2D eigenvalue weighted by Gasteiger charge is 2.20. The topological polar surface area (TPSA) is 65.4 Å². The zero-order chi connectivity index (χ0) is 14.8. The predicted molar refractivity (Wildman–Crippen MR) is 77.9 cm³/mol. The number of aromatic nitrogens is 2. The van der Waals surface area contributed by atoms with E-state index in [4.69, 9.17) is 17.0 Å². The summed E-state index contributed by atoms with van der Waals surface area (Å²) in [6.45, 7) is 13.3. The van der Waals surface area contributed by atoms with Gasteiger partial charge in [0.15, 0.2) is 5.69 Å². The van der Waals surface area contributed by atoms with Crippen LogP contribution in [0.15, 0.2) is 30.5 Å². The molecule has 5 nitrogen and oxygen atoms in total. The second-order valence-electron chi connectivity index (χ2n) is 5.40. The van der Waals surface area contributed by atoms with Crippen LogP contribution in [-0.4, -0.2) is 9.97 Å². The highest BCUT2D eigenvalue weighted by Crippen LogP contribution is 2.36. The van der Waals surface area contributed by atoms with Gasteiger partial charge in [0.1, 0.15) is 5.75 Å². The van der Waals surface area contributed by atoms with E-state index < -0.39 is 0 Å². The van der Waals surface area contributed by atoms with Crippen LogP contribution in [0.2, 0.25) is 0 Å². The van der Waals surface area contributed by atoms with Crippen LogP contribution in [0.5, 0.6) is 11.6 Å². The average Bonchev–Trinajstić information content (AvgIpc) is 2.38. The SMILES string of the molecule is [C-]#[N+]c1ccc(Oc2ccnc(N)n2)c(C(C)(C)C)c1. The highest BCUT2D eigenvalue weighted by atomic mass is 16.5. The highest BCUT2D eigenvalue weighted by molar-refractivity contribution is 5.54. The van der Waals surface area contributed by atoms with Gasteiger partial charge in [-0.3, -0.25) is 0 Å². The molecule has 1 aromatic carbocycles. The maximum Gasteiger partial charge on any atom is 0.224 e. The van der Waals surface area contributed by atoms with Gasteiger partial charge in [0, 0.05) is 12.3 Å². The quantitative estimate of drug-likeness (QED) is 0.843. The molecule has 0 spiro atoms. The number of anilines is 1. The van der Waals surface area contributed by atoms with Gasteiger partial charge in [-0.05, 0) is 23.1 Å². The minimum absolute atomic E-state index is 0.144. The molecule has 1 aromatic heterocycles. The van der Waals surface area contributed by atoms with Crippen molar-refractivity contribution in [3.8, 4) is 11.6 Å². The average molecular weight is 268 g/mol. The van der Waals surface area contributed by atoms with E-state index in [1.54, 1.807) is 24.4 Å². The Kier molecular flexibility index (Phi) is 3.57. The van der Waals surface area contributed by atoms with Gasteiger partial charge >= 0.3 is 0 Å². The summed E-state index contributed by atoms with van der Waals surface area (Å²) >= 11 is 0. The number of benzene rings is 1. The molecular weight excluding hydrogens is 252 g/mol. The largest absolute Gasteiger partial charge is 0.439 e. The Morgan fingerprint density at radius 2 is 2.00 bits per heavy atom. The Morgan fingerprint density at radius 1 is 1.25 bits per heavy atom. The van der Waals surface area contributed by atoms with Gasteiger partial charge < -0.3 is 10.5 Å². The van der Waals surface area contributed by atoms with Crippen molar-refractivity contribution in [2.24, 2.45) is 0 Å². The van der Waals surface area contributed by atoms with Gasteiger partial charge in [0.2, 0.25) is 11.8 Å². The van der Waals surface area contributed by atoms with Gasteiger partial charge in [0.25, 0.3) is 0 Å². The van der Waals surface area contributed by atoms with Gasteiger partial charge in [-0.25, -0.2) is 9.83 Å². The lowest BCUT2D eigenvalue weighted by molar-refractivity contribution is 0.440. The Bertz CT molecular complexity index is 668. The zero-order valence-electron chi connectivity index (χ0n) is 11.7. The van der Waals surface area contributed by atoms with E-state index in [-0.39, 0.29) is 11.4 Å². The van der Waals surface area contributed by atoms with E-state index in [0.717, 1.165) is 5.56 Å². The van der Waals surface area contributed by atoms with Crippen LogP contribution >= 0.6 is 0 Å². The van der Waals surface area contributed by atoms with Crippen molar-refractivity contribution < 1.29 is 4.74 Å². The lowest BCUT2D eigenvalue weighted by Gasteiger charge is -2.22. The van der Waals surface area contributed by atoms with Crippen LogP contribution in [0.25, 0.3) is 4.85 Å². The zero-order valence-corrected chi connectivity index (χ0v) is 11.7. The van der Waals surface area contributed by atoms with Crippen molar-refractivity contribution in [2.45, 2.75) is 26.2 Å². The van der Waals surface area contributed by atoms with E-state index in [9.17, 15) is 0 Å². The molecule has 0 atom stereocenters. The van der Waals surface area contributed by atoms with Crippen LogP contribution in [0, 0.1) is 6.57 Å². The molecular formula is C15H16N4O. The number of ether oxygens (including phenoxy) is 1. The van der Waals surface area contributed by atoms with Crippen molar-refractivity contribution in [1.82, 2.24) is 9.97 Å². The molecule has 102 valence electrons. The molecule has 0 aliphatic rings. The van der Waals surface area contributed by atoms with Crippen molar-refractivity contribution in [1.29, 1.82) is 0 Å². The third kappa shape index (κ3) is 3.04. The maximum atomic E-state index is 7.11. The molecule has 2 rings (SSSR count). The number of nitrogen functional groups attached to an aromatic ring is 1. The Morgan fingerprint density at radius 3 is 2.60 bits per heavy atom. The minimum atomic E-state index is -0.144. The van der Waals surface area contributed by atoms with Gasteiger partial charge in [-0.15, -0.1) is 0 Å². The van der Waals surface area contributed by atoms with Crippen molar-refractivity contribution in [2.75, 3.05) is 5.73 Å². The summed E-state index contributed by atoms with van der Waals surface area (Å²) in [5.74, 6) is 1.22. The summed E-state index contributed by atoms with van der Waals surface area (Å²) in [5, 5.41) is 0. The van der Waals surface area contributed by atoms with E-state index in [1.807, 2.05) is 6.07 Å². The fourth-order valence-corrected chi connectivity index (χ4v) is 1.79. The Labute approximate surface area is 118 Å². The lowest BCUT2D eigenvalue weighted by Crippen LogP contribution is -2.12.